The van der Waals surface area contributed by atoms with Crippen molar-refractivity contribution in [2.45, 2.75) is 63.7 Å². The Morgan fingerprint density at radius 1 is 1.24 bits per heavy atom. The Balaban J connectivity index is 1.46. The molecule has 0 radical (unpaired) electrons. The monoisotopic (exact) mass is 411 g/mol. The molecule has 0 spiro atoms. The summed E-state index contributed by atoms with van der Waals surface area (Å²) in [5.41, 5.74) is 2.16. The Hall–Kier alpha value is -2.28. The van der Waals surface area contributed by atoms with E-state index >= 15 is 0 Å². The van der Waals surface area contributed by atoms with Crippen LogP contribution >= 0.6 is 11.8 Å². The van der Waals surface area contributed by atoms with E-state index in [0.717, 1.165) is 53.1 Å². The Bertz CT molecular complexity index is 988. The lowest BCUT2D eigenvalue weighted by atomic mass is 10.0. The average Bonchev–Trinajstić information content (AvgIpc) is 3.31. The smallest absolute Gasteiger partial charge is 0.230 e. The summed E-state index contributed by atoms with van der Waals surface area (Å²) in [6.07, 6.45) is 6.42. The highest BCUT2D eigenvalue weighted by atomic mass is 32.2. The second-order valence-electron chi connectivity index (χ2n) is 8.38. The number of nitrogens with zero attached hydrogens (tertiary/aromatic N) is 3. The first kappa shape index (κ1) is 20.0. The van der Waals surface area contributed by atoms with Gasteiger partial charge in [0.1, 0.15) is 0 Å². The molecule has 1 aromatic carbocycles. The average molecular weight is 412 g/mol. The molecule has 29 heavy (non-hydrogen) atoms. The van der Waals surface area contributed by atoms with Crippen molar-refractivity contribution in [3.63, 3.8) is 0 Å². The number of rotatable bonds is 9. The van der Waals surface area contributed by atoms with Crippen molar-refractivity contribution >= 4 is 28.6 Å². The molecule has 3 aromatic rings. The molecule has 2 aromatic heterocycles. The van der Waals surface area contributed by atoms with E-state index in [-0.39, 0.29) is 11.9 Å². The van der Waals surface area contributed by atoms with Crippen molar-refractivity contribution in [2.24, 2.45) is 5.92 Å². The number of thioether (sulfide) groups is 1. The van der Waals surface area contributed by atoms with E-state index in [9.17, 15) is 4.79 Å². The molecule has 1 atom stereocenters. The van der Waals surface area contributed by atoms with Gasteiger partial charge in [0.2, 0.25) is 5.91 Å². The zero-order valence-corrected chi connectivity index (χ0v) is 18.1. The van der Waals surface area contributed by atoms with Gasteiger partial charge in [0.25, 0.3) is 0 Å². The number of para-hydroxylation sites is 1. The van der Waals surface area contributed by atoms with Gasteiger partial charge >= 0.3 is 0 Å². The highest BCUT2D eigenvalue weighted by Gasteiger charge is 2.31. The first-order valence-corrected chi connectivity index (χ1v) is 11.4. The number of hydrogen-bond donors (Lipinski definition) is 2. The predicted molar refractivity (Wildman–Crippen MR) is 118 cm³/mol. The van der Waals surface area contributed by atoms with Gasteiger partial charge in [-0.1, -0.05) is 43.8 Å². The topological polar surface area (TPSA) is 75.6 Å². The Kier molecular flexibility index (Phi) is 5.94. The second-order valence-corrected chi connectivity index (χ2v) is 9.33. The third-order valence-electron chi connectivity index (χ3n) is 5.32. The van der Waals surface area contributed by atoms with Gasteiger partial charge in [-0.05, 0) is 44.6 Å². The first-order valence-electron chi connectivity index (χ1n) is 10.5. The van der Waals surface area contributed by atoms with Gasteiger partial charge in [-0.2, -0.15) is 0 Å². The third kappa shape index (κ3) is 4.66. The van der Waals surface area contributed by atoms with Crippen LogP contribution in [0.25, 0.3) is 22.3 Å². The van der Waals surface area contributed by atoms with Crippen LogP contribution in [0.4, 0.5) is 0 Å². The number of aromatic nitrogens is 4. The highest BCUT2D eigenvalue weighted by molar-refractivity contribution is 7.99. The van der Waals surface area contributed by atoms with E-state index in [1.165, 1.54) is 11.8 Å². The van der Waals surface area contributed by atoms with Gasteiger partial charge in [-0.3, -0.25) is 9.36 Å². The van der Waals surface area contributed by atoms with Crippen molar-refractivity contribution in [3.8, 4) is 11.4 Å². The van der Waals surface area contributed by atoms with Gasteiger partial charge in [-0.25, -0.2) is 0 Å². The van der Waals surface area contributed by atoms with E-state index < -0.39 is 0 Å². The fraction of sp³-hybridized carbons (Fsp3) is 0.500. The molecule has 2 heterocycles. The summed E-state index contributed by atoms with van der Waals surface area (Å²) < 4.78 is 2.22. The maximum absolute atomic E-state index is 12.4. The van der Waals surface area contributed by atoms with Crippen molar-refractivity contribution in [1.29, 1.82) is 0 Å². The molecule has 0 unspecified atom stereocenters. The number of H-pyrrole nitrogens is 1. The quantitative estimate of drug-likeness (QED) is 0.496. The van der Waals surface area contributed by atoms with Crippen LogP contribution in [0.15, 0.2) is 35.6 Å². The molecule has 1 fully saturated rings. The molecule has 1 aliphatic rings. The van der Waals surface area contributed by atoms with Gasteiger partial charge < -0.3 is 10.3 Å². The Labute approximate surface area is 175 Å². The standard InChI is InChI=1S/C22H29N5OS/c1-14(2)8-9-15(3)24-20(28)13-29-22-26-25-21(27(22)16-10-11-16)18-12-23-19-7-5-4-6-17(18)19/h4-7,12,14-16,23H,8-11,13H2,1-3H3,(H,24,28)/t15-/m1/s1. The summed E-state index contributed by atoms with van der Waals surface area (Å²) in [4.78, 5) is 15.7. The Morgan fingerprint density at radius 2 is 2.03 bits per heavy atom. The molecule has 2 N–H and O–H groups in total. The Morgan fingerprint density at radius 3 is 2.79 bits per heavy atom. The van der Waals surface area contributed by atoms with Crippen molar-refractivity contribution < 1.29 is 4.79 Å². The number of benzene rings is 1. The number of carbonyl (C=O) groups excluding carboxylic acids is 1. The van der Waals surface area contributed by atoms with Gasteiger partial charge in [-0.15, -0.1) is 10.2 Å². The van der Waals surface area contributed by atoms with Crippen LogP contribution in [-0.2, 0) is 4.79 Å². The summed E-state index contributed by atoms with van der Waals surface area (Å²) >= 11 is 1.48. The summed E-state index contributed by atoms with van der Waals surface area (Å²) in [5.74, 6) is 1.97. The van der Waals surface area contributed by atoms with Crippen LogP contribution in [0.1, 0.15) is 52.5 Å². The highest BCUT2D eigenvalue weighted by Crippen LogP contribution is 2.42. The van der Waals surface area contributed by atoms with Crippen LogP contribution < -0.4 is 5.32 Å². The van der Waals surface area contributed by atoms with Crippen molar-refractivity contribution in [2.75, 3.05) is 5.75 Å². The van der Waals surface area contributed by atoms with Gasteiger partial charge in [0.15, 0.2) is 11.0 Å². The molecule has 1 saturated carbocycles. The van der Waals surface area contributed by atoms with E-state index in [4.69, 9.17) is 0 Å². The molecule has 4 rings (SSSR count). The zero-order chi connectivity index (χ0) is 20.4. The van der Waals surface area contributed by atoms with Crippen molar-refractivity contribution in [1.82, 2.24) is 25.1 Å². The number of amides is 1. The molecular weight excluding hydrogens is 382 g/mol. The lowest BCUT2D eigenvalue weighted by Crippen LogP contribution is -2.34. The van der Waals surface area contributed by atoms with E-state index in [1.807, 2.05) is 18.3 Å². The lowest BCUT2D eigenvalue weighted by molar-refractivity contribution is -0.119. The molecule has 1 aliphatic carbocycles. The minimum absolute atomic E-state index is 0.0604. The molecule has 0 saturated heterocycles. The summed E-state index contributed by atoms with van der Waals surface area (Å²) in [5, 5.41) is 14.0. The van der Waals surface area contributed by atoms with Gasteiger partial charge in [0, 0.05) is 34.7 Å². The van der Waals surface area contributed by atoms with E-state index in [0.29, 0.717) is 17.7 Å². The first-order chi connectivity index (χ1) is 14.0. The minimum atomic E-state index is 0.0604. The maximum Gasteiger partial charge on any atom is 0.230 e. The predicted octanol–water partition coefficient (Wildman–Crippen LogP) is 4.79. The molecule has 1 amide bonds. The number of aromatic amines is 1. The fourth-order valence-electron chi connectivity index (χ4n) is 3.58. The molecule has 0 aliphatic heterocycles. The lowest BCUT2D eigenvalue weighted by Gasteiger charge is -2.15. The zero-order valence-electron chi connectivity index (χ0n) is 17.3. The van der Waals surface area contributed by atoms with E-state index in [1.54, 1.807) is 0 Å². The normalized spacial score (nSPS) is 15.2. The molecule has 0 bridgehead atoms. The number of nitrogens with one attached hydrogen (secondary N) is 2. The van der Waals surface area contributed by atoms with Crippen LogP contribution in [0, 0.1) is 5.92 Å². The molecule has 6 nitrogen and oxygen atoms in total. The van der Waals surface area contributed by atoms with Crippen LogP contribution in [0.3, 0.4) is 0 Å². The maximum atomic E-state index is 12.4. The minimum Gasteiger partial charge on any atom is -0.360 e. The largest absolute Gasteiger partial charge is 0.360 e. The van der Waals surface area contributed by atoms with E-state index in [2.05, 4.69) is 58.0 Å². The van der Waals surface area contributed by atoms with Crippen LogP contribution in [0.2, 0.25) is 0 Å². The summed E-state index contributed by atoms with van der Waals surface area (Å²) in [6.45, 7) is 6.49. The van der Waals surface area contributed by atoms with Crippen LogP contribution in [-0.4, -0.2) is 37.5 Å². The number of carbonyl (C=O) groups is 1. The second kappa shape index (κ2) is 8.61. The molecular formula is C22H29N5OS. The fourth-order valence-corrected chi connectivity index (χ4v) is 4.40. The third-order valence-corrected chi connectivity index (χ3v) is 6.27. The van der Waals surface area contributed by atoms with Gasteiger partial charge in [0.05, 0.1) is 5.75 Å². The summed E-state index contributed by atoms with van der Waals surface area (Å²) in [7, 11) is 0. The SMILES string of the molecule is CC(C)CC[C@@H](C)NC(=O)CSc1nnc(-c2c[nH]c3ccccc23)n1C1CC1. The van der Waals surface area contributed by atoms with Crippen LogP contribution in [0.5, 0.6) is 0 Å². The number of hydrogen-bond acceptors (Lipinski definition) is 4. The summed E-state index contributed by atoms with van der Waals surface area (Å²) in [6, 6.07) is 8.87. The van der Waals surface area contributed by atoms with Crippen molar-refractivity contribution in [3.05, 3.63) is 30.5 Å². The molecule has 7 heteroatoms. The molecule has 154 valence electrons. The number of fused-ring (bicyclic) bond motifs is 1.